The van der Waals surface area contributed by atoms with Crippen LogP contribution in [0.15, 0.2) is 11.4 Å². The molecule has 0 spiro atoms. The molecule has 0 amide bonds. The molecule has 1 aromatic rings. The van der Waals surface area contributed by atoms with Crippen molar-refractivity contribution in [3.05, 3.63) is 11.5 Å². The number of sulfonamides is 1. The number of methoxy groups -OCH3 is 1. The molecule has 1 atom stereocenters. The summed E-state index contributed by atoms with van der Waals surface area (Å²) in [6, 6.07) is 0. The number of rotatable bonds is 6. The number of nitrogens with zero attached hydrogens (tertiary/aromatic N) is 3. The molecule has 1 unspecified atom stereocenters. The number of likely N-dealkylation sites (N-methyl/N-ethyl adjacent to an activating group) is 1. The first-order chi connectivity index (χ1) is 8.30. The van der Waals surface area contributed by atoms with Gasteiger partial charge in [0.25, 0.3) is 10.0 Å². The van der Waals surface area contributed by atoms with E-state index in [0.29, 0.717) is 0 Å². The van der Waals surface area contributed by atoms with Gasteiger partial charge in [-0.25, -0.2) is 13.4 Å². The molecule has 0 aromatic carbocycles. The van der Waals surface area contributed by atoms with Crippen LogP contribution in [-0.2, 0) is 21.8 Å². The number of aryl methyl sites for hydroxylation is 1. The molecule has 104 valence electrons. The first kappa shape index (κ1) is 15.4. The molecular formula is C9H16ClN3O4S. The zero-order chi connectivity index (χ0) is 13.9. The number of aliphatic hydroxyl groups is 1. The maximum atomic E-state index is 12.1. The predicted molar refractivity (Wildman–Crippen MR) is 65.9 cm³/mol. The summed E-state index contributed by atoms with van der Waals surface area (Å²) in [6.45, 7) is -0.0428. The van der Waals surface area contributed by atoms with E-state index in [1.807, 2.05) is 0 Å². The standard InChI is InChI=1S/C9H16ClN3O4S/c1-12-6-11-9(8(12)10)18(15,16)13(2)4-7(14)5-17-3/h6-7,14H,4-5H2,1-3H3. The van der Waals surface area contributed by atoms with E-state index >= 15 is 0 Å². The Morgan fingerprint density at radius 1 is 1.67 bits per heavy atom. The second-order valence-corrected chi connectivity index (χ2v) is 6.16. The topological polar surface area (TPSA) is 84.7 Å². The predicted octanol–water partition coefficient (Wildman–Crippen LogP) is -0.299. The maximum Gasteiger partial charge on any atom is 0.263 e. The van der Waals surface area contributed by atoms with E-state index in [0.717, 1.165) is 4.31 Å². The molecular weight excluding hydrogens is 282 g/mol. The van der Waals surface area contributed by atoms with Crippen LogP contribution in [0.25, 0.3) is 0 Å². The average Bonchev–Trinajstić information content (AvgIpc) is 2.60. The van der Waals surface area contributed by atoms with Crippen molar-refractivity contribution in [2.45, 2.75) is 11.1 Å². The van der Waals surface area contributed by atoms with Crippen molar-refractivity contribution in [2.24, 2.45) is 7.05 Å². The second kappa shape index (κ2) is 5.98. The largest absolute Gasteiger partial charge is 0.389 e. The average molecular weight is 298 g/mol. The van der Waals surface area contributed by atoms with Crippen LogP contribution in [0.3, 0.4) is 0 Å². The Balaban J connectivity index is 2.90. The molecule has 0 aliphatic carbocycles. The van der Waals surface area contributed by atoms with Crippen LogP contribution in [0, 0.1) is 0 Å². The lowest BCUT2D eigenvalue weighted by Crippen LogP contribution is -2.36. The fourth-order valence-corrected chi connectivity index (χ4v) is 2.94. The normalized spacial score (nSPS) is 14.1. The molecule has 0 saturated carbocycles. The number of imidazole rings is 1. The van der Waals surface area contributed by atoms with Gasteiger partial charge in [0.15, 0.2) is 0 Å². The van der Waals surface area contributed by atoms with Gasteiger partial charge < -0.3 is 14.4 Å². The molecule has 0 fully saturated rings. The van der Waals surface area contributed by atoms with Gasteiger partial charge in [0.2, 0.25) is 5.03 Å². The molecule has 1 rings (SSSR count). The smallest absolute Gasteiger partial charge is 0.263 e. The van der Waals surface area contributed by atoms with Crippen LogP contribution in [0.2, 0.25) is 5.15 Å². The van der Waals surface area contributed by atoms with E-state index in [9.17, 15) is 13.5 Å². The monoisotopic (exact) mass is 297 g/mol. The Hall–Kier alpha value is -0.670. The summed E-state index contributed by atoms with van der Waals surface area (Å²) >= 11 is 5.84. The summed E-state index contributed by atoms with van der Waals surface area (Å²) in [4.78, 5) is 3.75. The van der Waals surface area contributed by atoms with Crippen LogP contribution in [0.4, 0.5) is 0 Å². The Morgan fingerprint density at radius 3 is 2.72 bits per heavy atom. The van der Waals surface area contributed by atoms with Crippen molar-refractivity contribution in [1.82, 2.24) is 13.9 Å². The van der Waals surface area contributed by atoms with Crippen LogP contribution in [0.5, 0.6) is 0 Å². The molecule has 0 bridgehead atoms. The minimum absolute atomic E-state index is 0.0306. The van der Waals surface area contributed by atoms with Crippen LogP contribution in [-0.4, -0.2) is 60.8 Å². The van der Waals surface area contributed by atoms with E-state index in [-0.39, 0.29) is 23.3 Å². The highest BCUT2D eigenvalue weighted by Crippen LogP contribution is 2.21. The van der Waals surface area contributed by atoms with Crippen molar-refractivity contribution < 1.29 is 18.3 Å². The van der Waals surface area contributed by atoms with E-state index in [4.69, 9.17) is 16.3 Å². The van der Waals surface area contributed by atoms with E-state index < -0.39 is 16.1 Å². The summed E-state index contributed by atoms with van der Waals surface area (Å²) in [5.74, 6) is 0. The molecule has 1 aromatic heterocycles. The first-order valence-electron chi connectivity index (χ1n) is 5.10. The summed E-state index contributed by atoms with van der Waals surface area (Å²) < 4.78 is 31.4. The van der Waals surface area contributed by atoms with Crippen molar-refractivity contribution in [3.8, 4) is 0 Å². The Labute approximate surface area is 111 Å². The zero-order valence-electron chi connectivity index (χ0n) is 10.4. The summed E-state index contributed by atoms with van der Waals surface area (Å²) in [7, 11) is 0.553. The molecule has 0 saturated heterocycles. The minimum Gasteiger partial charge on any atom is -0.389 e. The van der Waals surface area contributed by atoms with Gasteiger partial charge in [-0.15, -0.1) is 0 Å². The van der Waals surface area contributed by atoms with Gasteiger partial charge in [-0.1, -0.05) is 11.6 Å². The molecule has 0 aliphatic heterocycles. The first-order valence-corrected chi connectivity index (χ1v) is 6.92. The van der Waals surface area contributed by atoms with Gasteiger partial charge in [-0.05, 0) is 0 Å². The zero-order valence-corrected chi connectivity index (χ0v) is 11.9. The quantitative estimate of drug-likeness (QED) is 0.779. The lowest BCUT2D eigenvalue weighted by atomic mass is 10.4. The molecule has 0 aliphatic rings. The summed E-state index contributed by atoms with van der Waals surface area (Å²) in [6.07, 6.45) is 0.409. The van der Waals surface area contributed by atoms with Crippen molar-refractivity contribution in [3.63, 3.8) is 0 Å². The van der Waals surface area contributed by atoms with Gasteiger partial charge in [0, 0.05) is 27.7 Å². The van der Waals surface area contributed by atoms with Gasteiger partial charge in [0.1, 0.15) is 5.15 Å². The molecule has 7 nitrogen and oxygen atoms in total. The van der Waals surface area contributed by atoms with Crippen molar-refractivity contribution in [2.75, 3.05) is 27.3 Å². The molecule has 1 heterocycles. The highest BCUT2D eigenvalue weighted by atomic mass is 35.5. The van der Waals surface area contributed by atoms with Gasteiger partial charge >= 0.3 is 0 Å². The SMILES string of the molecule is COCC(O)CN(C)S(=O)(=O)c1ncn(C)c1Cl. The lowest BCUT2D eigenvalue weighted by Gasteiger charge is -2.19. The third-order valence-corrected chi connectivity index (χ3v) is 4.63. The highest BCUT2D eigenvalue weighted by Gasteiger charge is 2.28. The van der Waals surface area contributed by atoms with Gasteiger partial charge in [-0.2, -0.15) is 4.31 Å². The van der Waals surface area contributed by atoms with Crippen LogP contribution in [0.1, 0.15) is 0 Å². The molecule has 9 heteroatoms. The van der Waals surface area contributed by atoms with E-state index in [1.54, 1.807) is 7.05 Å². The summed E-state index contributed by atoms with van der Waals surface area (Å²) in [5.41, 5.74) is 0. The Kier molecular flexibility index (Phi) is 5.11. The molecule has 1 N–H and O–H groups in total. The fraction of sp³-hybridized carbons (Fsp3) is 0.667. The maximum absolute atomic E-state index is 12.1. The lowest BCUT2D eigenvalue weighted by molar-refractivity contribution is 0.0554. The Bertz CT molecular complexity index is 502. The fourth-order valence-electron chi connectivity index (χ4n) is 1.35. The molecule has 0 radical (unpaired) electrons. The number of aliphatic hydroxyl groups excluding tert-OH is 1. The number of ether oxygens (including phenoxy) is 1. The number of halogens is 1. The third kappa shape index (κ3) is 3.21. The van der Waals surface area contributed by atoms with Gasteiger partial charge in [0.05, 0.1) is 19.0 Å². The number of hydrogen-bond acceptors (Lipinski definition) is 5. The van der Waals surface area contributed by atoms with Crippen molar-refractivity contribution >= 4 is 21.6 Å². The van der Waals surface area contributed by atoms with Crippen molar-refractivity contribution in [1.29, 1.82) is 0 Å². The highest BCUT2D eigenvalue weighted by molar-refractivity contribution is 7.89. The number of aromatic nitrogens is 2. The van der Waals surface area contributed by atoms with E-state index in [1.165, 1.54) is 25.1 Å². The van der Waals surface area contributed by atoms with Crippen LogP contribution >= 0.6 is 11.6 Å². The second-order valence-electron chi connectivity index (χ2n) is 3.85. The Morgan fingerprint density at radius 2 is 2.28 bits per heavy atom. The third-order valence-electron chi connectivity index (χ3n) is 2.32. The van der Waals surface area contributed by atoms with Gasteiger partial charge in [-0.3, -0.25) is 0 Å². The van der Waals surface area contributed by atoms with E-state index in [2.05, 4.69) is 4.98 Å². The molecule has 18 heavy (non-hydrogen) atoms. The summed E-state index contributed by atoms with van der Waals surface area (Å²) in [5, 5.41) is 9.32. The van der Waals surface area contributed by atoms with Crippen LogP contribution < -0.4 is 0 Å². The number of hydrogen-bond donors (Lipinski definition) is 1. The minimum atomic E-state index is -3.81.